The summed E-state index contributed by atoms with van der Waals surface area (Å²) in [7, 11) is 0. The van der Waals surface area contributed by atoms with Crippen LogP contribution in [0.5, 0.6) is 5.75 Å². The number of thiazole rings is 1. The molecule has 0 unspecified atom stereocenters. The van der Waals surface area contributed by atoms with Crippen molar-refractivity contribution in [3.8, 4) is 5.75 Å². The maximum Gasteiger partial charge on any atom is 0.313 e. The van der Waals surface area contributed by atoms with E-state index in [0.717, 1.165) is 21.8 Å². The molecular formula is C20H18ClN3O4S. The van der Waals surface area contributed by atoms with Gasteiger partial charge in [-0.25, -0.2) is 0 Å². The van der Waals surface area contributed by atoms with Crippen LogP contribution in [0.1, 0.15) is 12.8 Å². The molecule has 3 aromatic rings. The van der Waals surface area contributed by atoms with Crippen LogP contribution in [0.2, 0.25) is 5.02 Å². The minimum Gasteiger partial charge on any atom is -0.490 e. The Hall–Kier alpha value is -2.84. The van der Waals surface area contributed by atoms with Crippen LogP contribution in [0.4, 0.5) is 5.69 Å². The number of rotatable bonds is 3. The van der Waals surface area contributed by atoms with E-state index in [-0.39, 0.29) is 11.0 Å². The molecule has 0 spiro atoms. The van der Waals surface area contributed by atoms with E-state index in [1.165, 1.54) is 4.90 Å². The molecular weight excluding hydrogens is 414 g/mol. The summed E-state index contributed by atoms with van der Waals surface area (Å²) in [4.78, 5) is 40.3. The summed E-state index contributed by atoms with van der Waals surface area (Å²) in [5.74, 6) is -0.527. The molecule has 1 fully saturated rings. The Morgan fingerprint density at radius 1 is 1.14 bits per heavy atom. The smallest absolute Gasteiger partial charge is 0.313 e. The molecule has 4 rings (SSSR count). The molecule has 2 heterocycles. The molecule has 2 aromatic carbocycles. The second kappa shape index (κ2) is 8.26. The van der Waals surface area contributed by atoms with Crippen molar-refractivity contribution in [1.29, 1.82) is 0 Å². The zero-order valence-electron chi connectivity index (χ0n) is 15.3. The highest BCUT2D eigenvalue weighted by molar-refractivity contribution is 7.16. The molecule has 1 aliphatic rings. The van der Waals surface area contributed by atoms with Crippen molar-refractivity contribution in [2.24, 2.45) is 0 Å². The van der Waals surface area contributed by atoms with Crippen molar-refractivity contribution in [2.45, 2.75) is 18.9 Å². The number of benzene rings is 2. The topological polar surface area (TPSA) is 91.5 Å². The molecule has 0 radical (unpaired) electrons. The van der Waals surface area contributed by atoms with Crippen LogP contribution in [-0.4, -0.2) is 40.9 Å². The Labute approximate surface area is 175 Å². The third kappa shape index (κ3) is 4.60. The first-order valence-electron chi connectivity index (χ1n) is 9.13. The molecule has 9 heteroatoms. The number of nitrogens with one attached hydrogen (secondary N) is 2. The molecule has 1 saturated heterocycles. The highest BCUT2D eigenvalue weighted by Gasteiger charge is 2.28. The predicted molar refractivity (Wildman–Crippen MR) is 113 cm³/mol. The summed E-state index contributed by atoms with van der Waals surface area (Å²) in [5.41, 5.74) is 1.18. The monoisotopic (exact) mass is 431 g/mol. The number of aromatic amines is 1. The van der Waals surface area contributed by atoms with Crippen LogP contribution in [-0.2, 0) is 9.59 Å². The first kappa shape index (κ1) is 19.5. The van der Waals surface area contributed by atoms with Crippen LogP contribution in [0.25, 0.3) is 10.2 Å². The first-order valence-corrected chi connectivity index (χ1v) is 10.3. The molecule has 0 atom stereocenters. The molecule has 1 aliphatic heterocycles. The van der Waals surface area contributed by atoms with E-state index >= 15 is 0 Å². The lowest BCUT2D eigenvalue weighted by Crippen LogP contribution is -2.46. The summed E-state index contributed by atoms with van der Waals surface area (Å²) in [6.45, 7) is 0.895. The van der Waals surface area contributed by atoms with E-state index in [1.54, 1.807) is 30.3 Å². The lowest BCUT2D eigenvalue weighted by atomic mass is 10.1. The average molecular weight is 432 g/mol. The third-order valence-electron chi connectivity index (χ3n) is 4.72. The Kier molecular flexibility index (Phi) is 5.55. The Morgan fingerprint density at radius 2 is 1.86 bits per heavy atom. The molecule has 0 aliphatic carbocycles. The van der Waals surface area contributed by atoms with E-state index in [1.807, 2.05) is 12.1 Å². The van der Waals surface area contributed by atoms with E-state index in [9.17, 15) is 14.4 Å². The molecule has 0 bridgehead atoms. The summed E-state index contributed by atoms with van der Waals surface area (Å²) >= 11 is 6.93. The Bertz CT molecular complexity index is 1100. The van der Waals surface area contributed by atoms with Crippen molar-refractivity contribution in [1.82, 2.24) is 9.88 Å². The van der Waals surface area contributed by atoms with Gasteiger partial charge in [0.25, 0.3) is 0 Å². The zero-order valence-corrected chi connectivity index (χ0v) is 16.9. The van der Waals surface area contributed by atoms with Gasteiger partial charge >= 0.3 is 16.7 Å². The normalized spacial score (nSPS) is 14.7. The minimum absolute atomic E-state index is 0.0120. The highest BCUT2D eigenvalue weighted by Crippen LogP contribution is 2.22. The molecule has 2 N–H and O–H groups in total. The van der Waals surface area contributed by atoms with Gasteiger partial charge in [0.15, 0.2) is 0 Å². The van der Waals surface area contributed by atoms with Crippen LogP contribution >= 0.6 is 22.9 Å². The number of fused-ring (bicyclic) bond motifs is 1. The minimum atomic E-state index is -0.690. The fourth-order valence-corrected chi connectivity index (χ4v) is 4.14. The number of ether oxygens (including phenoxy) is 1. The van der Waals surface area contributed by atoms with Crippen molar-refractivity contribution in [2.75, 3.05) is 18.4 Å². The van der Waals surface area contributed by atoms with Crippen LogP contribution in [0, 0.1) is 0 Å². The van der Waals surface area contributed by atoms with Crippen molar-refractivity contribution < 1.29 is 14.3 Å². The van der Waals surface area contributed by atoms with Gasteiger partial charge in [-0.05, 0) is 42.5 Å². The van der Waals surface area contributed by atoms with Gasteiger partial charge in [0, 0.05) is 36.6 Å². The van der Waals surface area contributed by atoms with E-state index in [4.69, 9.17) is 16.3 Å². The maximum atomic E-state index is 12.5. The highest BCUT2D eigenvalue weighted by atomic mass is 35.5. The number of likely N-dealkylation sites (tertiary alicyclic amines) is 1. The quantitative estimate of drug-likeness (QED) is 0.623. The van der Waals surface area contributed by atoms with Crippen LogP contribution in [0.15, 0.2) is 47.3 Å². The van der Waals surface area contributed by atoms with Gasteiger partial charge in [-0.15, -0.1) is 0 Å². The number of carbonyl (C=O) groups excluding carboxylic acids is 2. The van der Waals surface area contributed by atoms with Gasteiger partial charge in [0.05, 0.1) is 10.2 Å². The van der Waals surface area contributed by atoms with Crippen molar-refractivity contribution in [3.63, 3.8) is 0 Å². The summed E-state index contributed by atoms with van der Waals surface area (Å²) < 4.78 is 6.64. The number of hydrogen-bond acceptors (Lipinski definition) is 5. The first-order chi connectivity index (χ1) is 14.0. The average Bonchev–Trinajstić information content (AvgIpc) is 3.09. The van der Waals surface area contributed by atoms with Gasteiger partial charge in [-0.3, -0.25) is 14.4 Å². The Morgan fingerprint density at radius 3 is 2.59 bits per heavy atom. The number of halogens is 1. The molecule has 1 aromatic heterocycles. The number of anilines is 1. The zero-order chi connectivity index (χ0) is 20.4. The van der Waals surface area contributed by atoms with E-state index < -0.39 is 11.8 Å². The van der Waals surface area contributed by atoms with Crippen LogP contribution < -0.4 is 14.9 Å². The number of hydrogen-bond donors (Lipinski definition) is 2. The van der Waals surface area contributed by atoms with Crippen molar-refractivity contribution >= 4 is 50.7 Å². The van der Waals surface area contributed by atoms with E-state index in [0.29, 0.717) is 42.2 Å². The molecule has 0 saturated carbocycles. The van der Waals surface area contributed by atoms with Gasteiger partial charge in [0.2, 0.25) is 0 Å². The second-order valence-electron chi connectivity index (χ2n) is 6.74. The van der Waals surface area contributed by atoms with Gasteiger partial charge in [-0.2, -0.15) is 0 Å². The number of H-pyrrole nitrogens is 1. The van der Waals surface area contributed by atoms with Gasteiger partial charge in [0.1, 0.15) is 11.9 Å². The van der Waals surface area contributed by atoms with E-state index in [2.05, 4.69) is 10.3 Å². The largest absolute Gasteiger partial charge is 0.490 e. The summed E-state index contributed by atoms with van der Waals surface area (Å²) in [6.07, 6.45) is 1.28. The van der Waals surface area contributed by atoms with Crippen LogP contribution in [0.3, 0.4) is 0 Å². The number of nitrogens with zero attached hydrogens (tertiary/aromatic N) is 1. The lowest BCUT2D eigenvalue weighted by Gasteiger charge is -2.31. The number of aromatic nitrogens is 1. The fourth-order valence-electron chi connectivity index (χ4n) is 3.23. The summed E-state index contributed by atoms with van der Waals surface area (Å²) in [5, 5.41) is 3.26. The number of piperidine rings is 1. The van der Waals surface area contributed by atoms with Gasteiger partial charge < -0.3 is 19.9 Å². The summed E-state index contributed by atoms with van der Waals surface area (Å²) in [6, 6.07) is 12.2. The fraction of sp³-hybridized carbons (Fsp3) is 0.250. The SMILES string of the molecule is O=C(Nc1ccc2[nH]c(=O)sc2c1)C(=O)N1CCC(Oc2ccc(Cl)cc2)CC1. The van der Waals surface area contributed by atoms with Gasteiger partial charge in [-0.1, -0.05) is 22.9 Å². The third-order valence-corrected chi connectivity index (χ3v) is 5.82. The maximum absolute atomic E-state index is 12.5. The second-order valence-corrected chi connectivity index (χ2v) is 8.19. The molecule has 150 valence electrons. The molecule has 29 heavy (non-hydrogen) atoms. The standard InChI is InChI=1S/C20H18ClN3O4S/c21-12-1-4-14(5-2-12)28-15-7-9-24(10-8-15)19(26)18(25)22-13-3-6-16-17(11-13)29-20(27)23-16/h1-6,11,15H,7-10H2,(H,22,25)(H,23,27). The Balaban J connectivity index is 1.31. The lowest BCUT2D eigenvalue weighted by molar-refractivity contribution is -0.144. The molecule has 7 nitrogen and oxygen atoms in total. The number of amides is 2. The number of carbonyl (C=O) groups is 2. The van der Waals surface area contributed by atoms with Crippen molar-refractivity contribution in [3.05, 3.63) is 57.2 Å². The predicted octanol–water partition coefficient (Wildman–Crippen LogP) is 3.25. The molecule has 2 amide bonds.